The van der Waals surface area contributed by atoms with Crippen molar-refractivity contribution < 1.29 is 4.79 Å². The monoisotopic (exact) mass is 332 g/mol. The van der Waals surface area contributed by atoms with E-state index in [2.05, 4.69) is 35.7 Å². The van der Waals surface area contributed by atoms with E-state index in [0.717, 1.165) is 26.2 Å². The molecule has 2 saturated heterocycles. The van der Waals surface area contributed by atoms with E-state index in [4.69, 9.17) is 0 Å². The molecule has 1 spiro atoms. The topological polar surface area (TPSA) is 41.4 Å². The van der Waals surface area contributed by atoms with Gasteiger partial charge in [-0.25, -0.2) is 0 Å². The van der Waals surface area contributed by atoms with Gasteiger partial charge in [0.2, 0.25) is 5.91 Å². The molecule has 3 rings (SSSR count). The number of carbonyl (C=O) groups is 1. The third-order valence-corrected chi connectivity index (χ3v) is 5.34. The fourth-order valence-corrected chi connectivity index (χ4v) is 4.40. The zero-order chi connectivity index (χ0) is 17.2. The summed E-state index contributed by atoms with van der Waals surface area (Å²) in [6, 6.07) is 1.90. The van der Waals surface area contributed by atoms with Gasteiger partial charge in [0.05, 0.1) is 0 Å². The highest BCUT2D eigenvalue weighted by molar-refractivity contribution is 5.76. The van der Waals surface area contributed by atoms with Crippen LogP contribution in [-0.2, 0) is 11.3 Å². The lowest BCUT2D eigenvalue weighted by Crippen LogP contribution is -2.47. The maximum Gasteiger partial charge on any atom is 0.224 e. The number of hydrogen-bond donors (Lipinski definition) is 0. The third-order valence-electron chi connectivity index (χ3n) is 5.34. The zero-order valence-corrected chi connectivity index (χ0v) is 15.5. The van der Waals surface area contributed by atoms with Crippen LogP contribution in [0.1, 0.15) is 46.5 Å². The normalized spacial score (nSPS) is 25.5. The average Bonchev–Trinajstić information content (AvgIpc) is 3.13. The molecule has 0 radical (unpaired) electrons. The summed E-state index contributed by atoms with van der Waals surface area (Å²) in [6.07, 6.45) is 7.96. The Hall–Kier alpha value is -1.36. The number of aryl methyl sites for hydroxylation is 1. The van der Waals surface area contributed by atoms with Crippen molar-refractivity contribution in [2.45, 2.75) is 53.0 Å². The van der Waals surface area contributed by atoms with Gasteiger partial charge in [0.1, 0.15) is 0 Å². The quantitative estimate of drug-likeness (QED) is 0.851. The lowest BCUT2D eigenvalue weighted by atomic mass is 9.78. The van der Waals surface area contributed by atoms with Crippen molar-refractivity contribution in [2.75, 3.05) is 32.7 Å². The van der Waals surface area contributed by atoms with E-state index in [-0.39, 0.29) is 5.91 Å². The summed E-state index contributed by atoms with van der Waals surface area (Å²) in [5.74, 6) is 0.287. The maximum atomic E-state index is 12.5. The van der Waals surface area contributed by atoms with Crippen molar-refractivity contribution >= 4 is 5.91 Å². The molecule has 0 N–H and O–H groups in total. The molecule has 0 aliphatic carbocycles. The number of aromatic nitrogens is 2. The van der Waals surface area contributed by atoms with Crippen molar-refractivity contribution in [3.8, 4) is 0 Å². The Balaban J connectivity index is 1.52. The van der Waals surface area contributed by atoms with E-state index >= 15 is 0 Å². The van der Waals surface area contributed by atoms with Crippen LogP contribution in [0.2, 0.25) is 0 Å². The Morgan fingerprint density at radius 3 is 2.75 bits per heavy atom. The van der Waals surface area contributed by atoms with E-state index < -0.39 is 0 Å². The summed E-state index contributed by atoms with van der Waals surface area (Å²) >= 11 is 0. The molecule has 134 valence electrons. The number of carbonyl (C=O) groups excluding carboxylic acids is 1. The summed E-state index contributed by atoms with van der Waals surface area (Å²) < 4.78 is 1.84. The van der Waals surface area contributed by atoms with E-state index in [9.17, 15) is 4.79 Å². The fraction of sp³-hybridized carbons (Fsp3) is 0.789. The van der Waals surface area contributed by atoms with E-state index in [1.54, 1.807) is 6.20 Å². The summed E-state index contributed by atoms with van der Waals surface area (Å²) in [4.78, 5) is 17.3. The molecule has 3 heterocycles. The second-order valence-corrected chi connectivity index (χ2v) is 8.96. The molecule has 5 heteroatoms. The molecule has 0 aromatic carbocycles. The Bertz CT molecular complexity index is 548. The van der Waals surface area contributed by atoms with Crippen molar-refractivity contribution in [3.05, 3.63) is 18.5 Å². The van der Waals surface area contributed by atoms with Crippen molar-refractivity contribution in [3.63, 3.8) is 0 Å². The van der Waals surface area contributed by atoms with E-state index in [1.807, 2.05) is 16.9 Å². The maximum absolute atomic E-state index is 12.5. The third kappa shape index (κ3) is 4.38. The van der Waals surface area contributed by atoms with Crippen LogP contribution in [0.4, 0.5) is 0 Å². The molecular weight excluding hydrogens is 300 g/mol. The Labute approximate surface area is 146 Å². The minimum absolute atomic E-state index is 0.287. The van der Waals surface area contributed by atoms with Gasteiger partial charge in [-0.2, -0.15) is 5.10 Å². The number of rotatable bonds is 4. The molecule has 0 unspecified atom stereocenters. The van der Waals surface area contributed by atoms with Crippen LogP contribution >= 0.6 is 0 Å². The second kappa shape index (κ2) is 6.87. The smallest absolute Gasteiger partial charge is 0.224 e. The lowest BCUT2D eigenvalue weighted by Gasteiger charge is -2.42. The molecule has 1 atom stereocenters. The minimum atomic E-state index is 0.287. The van der Waals surface area contributed by atoms with Crippen LogP contribution < -0.4 is 0 Å². The van der Waals surface area contributed by atoms with Gasteiger partial charge in [-0.05, 0) is 37.3 Å². The molecule has 5 nitrogen and oxygen atoms in total. The van der Waals surface area contributed by atoms with Gasteiger partial charge in [0.15, 0.2) is 0 Å². The lowest BCUT2D eigenvalue weighted by molar-refractivity contribution is -0.131. The second-order valence-electron chi connectivity index (χ2n) is 8.96. The van der Waals surface area contributed by atoms with Crippen LogP contribution in [0.15, 0.2) is 18.5 Å². The summed E-state index contributed by atoms with van der Waals surface area (Å²) in [5.41, 5.74) is 0.682. The van der Waals surface area contributed by atoms with Crippen molar-refractivity contribution in [2.24, 2.45) is 10.8 Å². The number of amides is 1. The van der Waals surface area contributed by atoms with Gasteiger partial charge in [-0.1, -0.05) is 20.8 Å². The van der Waals surface area contributed by atoms with Crippen LogP contribution in [0.3, 0.4) is 0 Å². The first-order valence-corrected chi connectivity index (χ1v) is 9.33. The number of nitrogens with zero attached hydrogens (tertiary/aromatic N) is 4. The van der Waals surface area contributed by atoms with Crippen LogP contribution in [-0.4, -0.2) is 58.2 Å². The van der Waals surface area contributed by atoms with Gasteiger partial charge in [-0.15, -0.1) is 0 Å². The first-order valence-electron chi connectivity index (χ1n) is 9.33. The molecule has 1 aromatic rings. The Morgan fingerprint density at radius 1 is 1.21 bits per heavy atom. The van der Waals surface area contributed by atoms with Crippen molar-refractivity contribution in [1.29, 1.82) is 0 Å². The van der Waals surface area contributed by atoms with Crippen molar-refractivity contribution in [1.82, 2.24) is 19.6 Å². The highest BCUT2D eigenvalue weighted by Gasteiger charge is 2.42. The fourth-order valence-electron chi connectivity index (χ4n) is 4.40. The molecule has 24 heavy (non-hydrogen) atoms. The first-order chi connectivity index (χ1) is 11.4. The summed E-state index contributed by atoms with van der Waals surface area (Å²) in [5, 5.41) is 4.18. The van der Waals surface area contributed by atoms with Crippen LogP contribution in [0.5, 0.6) is 0 Å². The average molecular weight is 332 g/mol. The summed E-state index contributed by atoms with van der Waals surface area (Å²) in [6.45, 7) is 13.0. The SMILES string of the molecule is CC(C)(C)CN1CCC[C@@]2(CCN(C(=O)CCn3cccn3)C2)C1. The van der Waals surface area contributed by atoms with Gasteiger partial charge in [-0.3, -0.25) is 9.48 Å². The number of likely N-dealkylation sites (tertiary alicyclic amines) is 2. The molecule has 0 saturated carbocycles. The number of hydrogen-bond acceptors (Lipinski definition) is 3. The van der Waals surface area contributed by atoms with Gasteiger partial charge in [0.25, 0.3) is 0 Å². The predicted molar refractivity (Wildman–Crippen MR) is 95.6 cm³/mol. The standard InChI is InChI=1S/C19H32N4O/c1-18(2,3)14-21-10-4-7-19(15-21)8-13-22(16-19)17(24)6-12-23-11-5-9-20-23/h5,9,11H,4,6-8,10,12-16H2,1-3H3/t19-/m1/s1. The largest absolute Gasteiger partial charge is 0.342 e. The zero-order valence-electron chi connectivity index (χ0n) is 15.5. The number of piperidine rings is 1. The van der Waals surface area contributed by atoms with Gasteiger partial charge in [0, 0.05) is 57.0 Å². The predicted octanol–water partition coefficient (Wildman–Crippen LogP) is 2.63. The molecular formula is C19H32N4O. The Morgan fingerprint density at radius 2 is 2.04 bits per heavy atom. The molecule has 2 aliphatic heterocycles. The minimum Gasteiger partial charge on any atom is -0.342 e. The van der Waals surface area contributed by atoms with Crippen LogP contribution in [0, 0.1) is 10.8 Å². The molecule has 2 fully saturated rings. The summed E-state index contributed by atoms with van der Waals surface area (Å²) in [7, 11) is 0. The first kappa shape index (κ1) is 17.5. The van der Waals surface area contributed by atoms with Crippen LogP contribution in [0.25, 0.3) is 0 Å². The Kier molecular flexibility index (Phi) is 5.00. The molecule has 1 aromatic heterocycles. The highest BCUT2D eigenvalue weighted by atomic mass is 16.2. The molecule has 0 bridgehead atoms. The van der Waals surface area contributed by atoms with Gasteiger partial charge >= 0.3 is 0 Å². The van der Waals surface area contributed by atoms with Gasteiger partial charge < -0.3 is 9.80 Å². The molecule has 2 aliphatic rings. The van der Waals surface area contributed by atoms with E-state index in [1.165, 1.54) is 25.8 Å². The molecule has 1 amide bonds. The van der Waals surface area contributed by atoms with E-state index in [0.29, 0.717) is 23.8 Å². The highest BCUT2D eigenvalue weighted by Crippen LogP contribution is 2.39.